The van der Waals surface area contributed by atoms with Crippen LogP contribution in [0.3, 0.4) is 0 Å². The van der Waals surface area contributed by atoms with Crippen molar-refractivity contribution < 1.29 is 36.7 Å². The Hall–Kier alpha value is -3.36. The molecular weight excluding hydrogens is 358 g/mol. The molecule has 3 aromatic rings. The average molecular weight is 367 g/mol. The summed E-state index contributed by atoms with van der Waals surface area (Å²) in [5, 5.41) is 11.6. The minimum absolute atomic E-state index is 0.0293. The van der Waals surface area contributed by atoms with E-state index in [0.717, 1.165) is 6.07 Å². The highest BCUT2D eigenvalue weighted by Gasteiger charge is 2.34. The lowest BCUT2D eigenvalue weighted by molar-refractivity contribution is -0.139. The second-order valence-electron chi connectivity index (χ2n) is 5.31. The fourth-order valence-corrected chi connectivity index (χ4v) is 2.30. The molecule has 2 aromatic carbocycles. The van der Waals surface area contributed by atoms with Crippen LogP contribution >= 0.6 is 0 Å². The fraction of sp³-hybridized carbons (Fsp3) is 0.0588. The van der Waals surface area contributed by atoms with Crippen LogP contribution in [0.25, 0.3) is 11.0 Å². The average Bonchev–Trinajstić information content (AvgIpc) is 2.99. The van der Waals surface area contributed by atoms with Gasteiger partial charge in [0.15, 0.2) is 0 Å². The highest BCUT2D eigenvalue weighted by Crippen LogP contribution is 2.33. The zero-order valence-electron chi connectivity index (χ0n) is 12.7. The molecule has 0 bridgehead atoms. The molecular formula is C17H9F4NO4. The molecule has 9 heteroatoms. The summed E-state index contributed by atoms with van der Waals surface area (Å²) in [7, 11) is 0. The van der Waals surface area contributed by atoms with Crippen LogP contribution in [0, 0.1) is 5.82 Å². The summed E-state index contributed by atoms with van der Waals surface area (Å²) < 4.78 is 56.5. The van der Waals surface area contributed by atoms with E-state index in [2.05, 4.69) is 5.32 Å². The van der Waals surface area contributed by atoms with Crippen molar-refractivity contribution >= 4 is 28.5 Å². The molecule has 1 amide bonds. The van der Waals surface area contributed by atoms with Crippen molar-refractivity contribution in [1.82, 2.24) is 0 Å². The van der Waals surface area contributed by atoms with Gasteiger partial charge in [0.25, 0.3) is 5.91 Å². The van der Waals surface area contributed by atoms with Gasteiger partial charge in [-0.3, -0.25) is 4.79 Å². The van der Waals surface area contributed by atoms with E-state index in [1.807, 2.05) is 0 Å². The topological polar surface area (TPSA) is 79.5 Å². The molecule has 0 saturated heterocycles. The van der Waals surface area contributed by atoms with Crippen molar-refractivity contribution in [3.8, 4) is 0 Å². The number of nitrogens with one attached hydrogen (secondary N) is 1. The lowest BCUT2D eigenvalue weighted by atomic mass is 10.1. The van der Waals surface area contributed by atoms with Crippen LogP contribution < -0.4 is 5.32 Å². The van der Waals surface area contributed by atoms with Gasteiger partial charge in [-0.05, 0) is 36.4 Å². The zero-order valence-corrected chi connectivity index (χ0v) is 12.7. The summed E-state index contributed by atoms with van der Waals surface area (Å²) in [4.78, 5) is 23.1. The zero-order chi connectivity index (χ0) is 19.1. The number of carboxylic acids is 1. The van der Waals surface area contributed by atoms with Gasteiger partial charge in [0.1, 0.15) is 11.4 Å². The molecule has 0 aliphatic heterocycles. The molecule has 134 valence electrons. The van der Waals surface area contributed by atoms with E-state index in [4.69, 9.17) is 9.52 Å². The number of carbonyl (C=O) groups excluding carboxylic acids is 1. The number of fused-ring (bicyclic) bond motifs is 1. The molecule has 3 rings (SSSR count). The molecule has 1 aromatic heterocycles. The van der Waals surface area contributed by atoms with E-state index in [9.17, 15) is 27.2 Å². The molecule has 0 unspecified atom stereocenters. The number of rotatable bonds is 3. The molecule has 26 heavy (non-hydrogen) atoms. The van der Waals surface area contributed by atoms with Crippen molar-refractivity contribution in [3.05, 3.63) is 65.2 Å². The molecule has 0 spiro atoms. The minimum atomic E-state index is -4.90. The number of carbonyl (C=O) groups is 2. The molecule has 0 fully saturated rings. The van der Waals surface area contributed by atoms with Crippen LogP contribution in [-0.4, -0.2) is 17.0 Å². The molecule has 2 N–H and O–H groups in total. The molecule has 0 aliphatic rings. The van der Waals surface area contributed by atoms with E-state index in [-0.39, 0.29) is 22.6 Å². The predicted octanol–water partition coefficient (Wildman–Crippen LogP) is 4.54. The molecule has 0 atom stereocenters. The van der Waals surface area contributed by atoms with Crippen molar-refractivity contribution in [2.45, 2.75) is 6.18 Å². The van der Waals surface area contributed by atoms with Crippen molar-refractivity contribution in [3.63, 3.8) is 0 Å². The van der Waals surface area contributed by atoms with Crippen LogP contribution in [0.4, 0.5) is 23.2 Å². The van der Waals surface area contributed by atoms with Gasteiger partial charge in [0.2, 0.25) is 5.76 Å². The second-order valence-corrected chi connectivity index (χ2v) is 5.31. The first kappa shape index (κ1) is 17.5. The van der Waals surface area contributed by atoms with E-state index in [1.165, 1.54) is 24.3 Å². The summed E-state index contributed by atoms with van der Waals surface area (Å²) in [6.07, 6.45) is -4.90. The van der Waals surface area contributed by atoms with Gasteiger partial charge in [0, 0.05) is 16.6 Å². The molecule has 5 nitrogen and oxygen atoms in total. The van der Waals surface area contributed by atoms with Crippen LogP contribution in [0.15, 0.2) is 46.9 Å². The first-order chi connectivity index (χ1) is 12.1. The third-order valence-corrected chi connectivity index (χ3v) is 3.52. The van der Waals surface area contributed by atoms with Gasteiger partial charge in [-0.2, -0.15) is 13.2 Å². The van der Waals surface area contributed by atoms with E-state index in [0.29, 0.717) is 17.5 Å². The minimum Gasteiger partial charge on any atom is -0.475 e. The van der Waals surface area contributed by atoms with Gasteiger partial charge in [0.05, 0.1) is 5.56 Å². The SMILES string of the molecule is O=C(Nc1ccc(F)c(C(F)(F)F)c1)c1ccc2cc(C(=O)O)oc2c1. The Labute approximate surface area is 142 Å². The highest BCUT2D eigenvalue weighted by atomic mass is 19.4. The maximum Gasteiger partial charge on any atom is 0.419 e. The lowest BCUT2D eigenvalue weighted by Gasteiger charge is -2.11. The standard InChI is InChI=1S/C17H9F4NO4/c18-12-4-3-10(7-11(12)17(19,20)21)22-15(23)9-2-1-8-5-14(16(24)25)26-13(8)6-9/h1-7H,(H,22,23)(H,24,25). The Kier molecular flexibility index (Phi) is 4.15. The first-order valence-corrected chi connectivity index (χ1v) is 7.10. The largest absolute Gasteiger partial charge is 0.475 e. The number of benzene rings is 2. The Morgan fingerprint density at radius 3 is 2.42 bits per heavy atom. The summed E-state index contributed by atoms with van der Waals surface area (Å²) in [6.45, 7) is 0. The predicted molar refractivity (Wildman–Crippen MR) is 82.5 cm³/mol. The number of carboxylic acid groups (broad SMARTS) is 1. The number of hydrogen-bond donors (Lipinski definition) is 2. The Morgan fingerprint density at radius 1 is 1.04 bits per heavy atom. The summed E-state index contributed by atoms with van der Waals surface area (Å²) in [6, 6.07) is 7.41. The number of furan rings is 1. The lowest BCUT2D eigenvalue weighted by Crippen LogP contribution is -2.14. The van der Waals surface area contributed by atoms with E-state index in [1.54, 1.807) is 0 Å². The Bertz CT molecular complexity index is 1020. The normalized spacial score (nSPS) is 11.5. The summed E-state index contributed by atoms with van der Waals surface area (Å²) in [5.41, 5.74) is -1.58. The number of hydrogen-bond acceptors (Lipinski definition) is 3. The maximum atomic E-state index is 13.3. The maximum absolute atomic E-state index is 13.3. The number of halogens is 4. The number of aromatic carboxylic acids is 1. The van der Waals surface area contributed by atoms with Crippen LogP contribution in [0.2, 0.25) is 0 Å². The smallest absolute Gasteiger partial charge is 0.419 e. The van der Waals surface area contributed by atoms with Crippen molar-refractivity contribution in [1.29, 1.82) is 0 Å². The number of alkyl halides is 3. The molecule has 0 radical (unpaired) electrons. The fourth-order valence-electron chi connectivity index (χ4n) is 2.30. The summed E-state index contributed by atoms with van der Waals surface area (Å²) >= 11 is 0. The number of anilines is 1. The Balaban J connectivity index is 1.88. The van der Waals surface area contributed by atoms with Crippen LogP contribution in [0.1, 0.15) is 26.5 Å². The third kappa shape index (κ3) is 3.37. The third-order valence-electron chi connectivity index (χ3n) is 3.52. The van der Waals surface area contributed by atoms with Crippen LogP contribution in [-0.2, 0) is 6.18 Å². The second kappa shape index (κ2) is 6.17. The van der Waals surface area contributed by atoms with Gasteiger partial charge in [-0.25, -0.2) is 9.18 Å². The molecule has 1 heterocycles. The quantitative estimate of drug-likeness (QED) is 0.666. The van der Waals surface area contributed by atoms with Gasteiger partial charge < -0.3 is 14.8 Å². The highest BCUT2D eigenvalue weighted by molar-refractivity contribution is 6.06. The van der Waals surface area contributed by atoms with E-state index >= 15 is 0 Å². The monoisotopic (exact) mass is 367 g/mol. The molecule has 0 aliphatic carbocycles. The Morgan fingerprint density at radius 2 is 1.77 bits per heavy atom. The van der Waals surface area contributed by atoms with Gasteiger partial charge >= 0.3 is 12.1 Å². The van der Waals surface area contributed by atoms with Gasteiger partial charge in [-0.15, -0.1) is 0 Å². The van der Waals surface area contributed by atoms with Gasteiger partial charge in [-0.1, -0.05) is 6.07 Å². The van der Waals surface area contributed by atoms with Crippen molar-refractivity contribution in [2.24, 2.45) is 0 Å². The number of amides is 1. The molecule has 0 saturated carbocycles. The first-order valence-electron chi connectivity index (χ1n) is 7.10. The van der Waals surface area contributed by atoms with Crippen LogP contribution in [0.5, 0.6) is 0 Å². The van der Waals surface area contributed by atoms with Crippen molar-refractivity contribution in [2.75, 3.05) is 5.32 Å². The summed E-state index contributed by atoms with van der Waals surface area (Å²) in [5.74, 6) is -3.81. The van der Waals surface area contributed by atoms with E-state index < -0.39 is 29.4 Å².